The minimum atomic E-state index is 0.0749. The number of rotatable bonds is 6. The Morgan fingerprint density at radius 3 is 2.90 bits per heavy atom. The molecule has 2 rings (SSSR count). The Kier molecular flexibility index (Phi) is 5.41. The molecule has 0 aliphatic rings. The Morgan fingerprint density at radius 1 is 1.30 bits per heavy atom. The van der Waals surface area contributed by atoms with Crippen LogP contribution in [0.2, 0.25) is 0 Å². The minimum Gasteiger partial charge on any atom is -0.353 e. The van der Waals surface area contributed by atoms with E-state index in [1.54, 1.807) is 0 Å². The van der Waals surface area contributed by atoms with Crippen LogP contribution < -0.4 is 5.32 Å². The first-order valence-corrected chi connectivity index (χ1v) is 7.95. The van der Waals surface area contributed by atoms with Gasteiger partial charge in [0.25, 0.3) is 0 Å². The molecule has 0 saturated heterocycles. The predicted octanol–water partition coefficient (Wildman–Crippen LogP) is 3.63. The van der Waals surface area contributed by atoms with Crippen molar-refractivity contribution >= 4 is 28.6 Å². The van der Waals surface area contributed by atoms with Crippen molar-refractivity contribution in [2.75, 3.05) is 5.75 Å². The molecule has 3 nitrogen and oxygen atoms in total. The number of benzene rings is 1. The van der Waals surface area contributed by atoms with Crippen molar-refractivity contribution in [3.8, 4) is 0 Å². The van der Waals surface area contributed by atoms with Crippen molar-refractivity contribution in [1.82, 2.24) is 10.3 Å². The molecule has 4 heteroatoms. The normalized spacial score (nSPS) is 12.3. The third-order valence-electron chi connectivity index (χ3n) is 3.05. The lowest BCUT2D eigenvalue weighted by Gasteiger charge is -2.12. The zero-order valence-electron chi connectivity index (χ0n) is 11.9. The number of nitrogens with zero attached hydrogens (tertiary/aromatic N) is 1. The maximum Gasteiger partial charge on any atom is 0.230 e. The van der Waals surface area contributed by atoms with Crippen LogP contribution in [-0.2, 0) is 4.79 Å². The average molecular weight is 288 g/mol. The van der Waals surface area contributed by atoms with Crippen molar-refractivity contribution in [1.29, 1.82) is 0 Å². The van der Waals surface area contributed by atoms with Crippen LogP contribution in [0.1, 0.15) is 26.7 Å². The number of carbonyl (C=O) groups is 1. The van der Waals surface area contributed by atoms with Gasteiger partial charge < -0.3 is 5.32 Å². The van der Waals surface area contributed by atoms with Gasteiger partial charge in [0.2, 0.25) is 5.91 Å². The van der Waals surface area contributed by atoms with E-state index < -0.39 is 0 Å². The van der Waals surface area contributed by atoms with Crippen molar-refractivity contribution in [2.24, 2.45) is 0 Å². The molecule has 1 aromatic carbocycles. The molecule has 0 radical (unpaired) electrons. The lowest BCUT2D eigenvalue weighted by Crippen LogP contribution is -2.33. The lowest BCUT2D eigenvalue weighted by molar-refractivity contribution is -0.119. The van der Waals surface area contributed by atoms with Gasteiger partial charge in [-0.15, -0.1) is 0 Å². The second-order valence-corrected chi connectivity index (χ2v) is 5.88. The Labute approximate surface area is 124 Å². The van der Waals surface area contributed by atoms with Crippen LogP contribution in [0.15, 0.2) is 41.4 Å². The molecule has 1 heterocycles. The zero-order valence-corrected chi connectivity index (χ0v) is 12.7. The quantitative estimate of drug-likeness (QED) is 0.825. The molecule has 1 atom stereocenters. The molecule has 2 aromatic rings. The van der Waals surface area contributed by atoms with Gasteiger partial charge in [-0.05, 0) is 25.5 Å². The third-order valence-corrected chi connectivity index (χ3v) is 3.98. The maximum atomic E-state index is 11.8. The monoisotopic (exact) mass is 288 g/mol. The molecule has 1 aromatic heterocycles. The maximum absolute atomic E-state index is 11.8. The van der Waals surface area contributed by atoms with E-state index >= 15 is 0 Å². The van der Waals surface area contributed by atoms with Gasteiger partial charge in [0.05, 0.1) is 16.3 Å². The van der Waals surface area contributed by atoms with Gasteiger partial charge in [-0.3, -0.25) is 4.79 Å². The van der Waals surface area contributed by atoms with Crippen LogP contribution in [0.3, 0.4) is 0 Å². The van der Waals surface area contributed by atoms with Crippen molar-refractivity contribution < 1.29 is 4.79 Å². The van der Waals surface area contributed by atoms with Crippen LogP contribution in [0.25, 0.3) is 10.9 Å². The van der Waals surface area contributed by atoms with E-state index in [4.69, 9.17) is 0 Å². The van der Waals surface area contributed by atoms with Gasteiger partial charge >= 0.3 is 0 Å². The first-order valence-electron chi connectivity index (χ1n) is 6.97. The second-order valence-electron chi connectivity index (χ2n) is 4.89. The Hall–Kier alpha value is -1.55. The first kappa shape index (κ1) is 14.9. The van der Waals surface area contributed by atoms with Crippen molar-refractivity contribution in [3.63, 3.8) is 0 Å². The number of aromatic nitrogens is 1. The highest BCUT2D eigenvalue weighted by molar-refractivity contribution is 7.99. The number of hydrogen-bond donors (Lipinski definition) is 1. The molecule has 0 aliphatic heterocycles. The van der Waals surface area contributed by atoms with Crippen LogP contribution in [0.4, 0.5) is 0 Å². The van der Waals surface area contributed by atoms with Crippen molar-refractivity contribution in [2.45, 2.75) is 37.8 Å². The van der Waals surface area contributed by atoms with E-state index in [1.807, 2.05) is 43.3 Å². The number of hydrogen-bond acceptors (Lipinski definition) is 3. The van der Waals surface area contributed by atoms with Crippen LogP contribution in [-0.4, -0.2) is 22.7 Å². The van der Waals surface area contributed by atoms with Gasteiger partial charge in [0.15, 0.2) is 0 Å². The van der Waals surface area contributed by atoms with Crippen molar-refractivity contribution in [3.05, 3.63) is 36.4 Å². The molecule has 1 amide bonds. The molecule has 106 valence electrons. The number of amides is 1. The molecule has 0 bridgehead atoms. The number of carbonyl (C=O) groups excluding carboxylic acids is 1. The Morgan fingerprint density at radius 2 is 2.10 bits per heavy atom. The summed E-state index contributed by atoms with van der Waals surface area (Å²) in [6.45, 7) is 4.16. The molecule has 0 aliphatic carbocycles. The third kappa shape index (κ3) is 4.23. The fourth-order valence-corrected chi connectivity index (χ4v) is 2.78. The smallest absolute Gasteiger partial charge is 0.230 e. The second kappa shape index (κ2) is 7.29. The van der Waals surface area contributed by atoms with Gasteiger partial charge in [-0.25, -0.2) is 4.98 Å². The molecule has 1 N–H and O–H groups in total. The highest BCUT2D eigenvalue weighted by atomic mass is 32.2. The summed E-state index contributed by atoms with van der Waals surface area (Å²) in [4.78, 5) is 16.4. The standard InChI is InChI=1S/C16H20N2OS/c1-3-6-12(2)17-15(19)11-20-16-10-9-13-7-4-5-8-14(13)18-16/h4-5,7-10,12H,3,6,11H2,1-2H3,(H,17,19)/t12-/m1/s1. The average Bonchev–Trinajstić information content (AvgIpc) is 2.45. The summed E-state index contributed by atoms with van der Waals surface area (Å²) < 4.78 is 0. The summed E-state index contributed by atoms with van der Waals surface area (Å²) >= 11 is 1.48. The summed E-state index contributed by atoms with van der Waals surface area (Å²) in [6.07, 6.45) is 2.10. The van der Waals surface area contributed by atoms with Gasteiger partial charge in [-0.1, -0.05) is 49.4 Å². The number of pyridine rings is 1. The van der Waals surface area contributed by atoms with E-state index in [0.29, 0.717) is 5.75 Å². The largest absolute Gasteiger partial charge is 0.353 e. The zero-order chi connectivity index (χ0) is 14.4. The van der Waals surface area contributed by atoms with E-state index in [2.05, 4.69) is 17.2 Å². The fourth-order valence-electron chi connectivity index (χ4n) is 2.09. The van der Waals surface area contributed by atoms with E-state index in [0.717, 1.165) is 28.8 Å². The van der Waals surface area contributed by atoms with Gasteiger partial charge in [-0.2, -0.15) is 0 Å². The molecule has 0 unspecified atom stereocenters. The first-order chi connectivity index (χ1) is 9.69. The number of para-hydroxylation sites is 1. The number of nitrogens with one attached hydrogen (secondary N) is 1. The fraction of sp³-hybridized carbons (Fsp3) is 0.375. The summed E-state index contributed by atoms with van der Waals surface area (Å²) in [5, 5.41) is 5.01. The van der Waals surface area contributed by atoms with E-state index in [1.165, 1.54) is 11.8 Å². The Bertz CT molecular complexity index is 585. The highest BCUT2D eigenvalue weighted by Gasteiger charge is 2.07. The summed E-state index contributed by atoms with van der Waals surface area (Å²) in [5.41, 5.74) is 0.970. The van der Waals surface area contributed by atoms with Gasteiger partial charge in [0, 0.05) is 11.4 Å². The molecule has 0 fully saturated rings. The minimum absolute atomic E-state index is 0.0749. The summed E-state index contributed by atoms with van der Waals surface area (Å²) in [7, 11) is 0. The molecule has 0 saturated carbocycles. The van der Waals surface area contributed by atoms with Gasteiger partial charge in [0.1, 0.15) is 0 Å². The highest BCUT2D eigenvalue weighted by Crippen LogP contribution is 2.19. The topological polar surface area (TPSA) is 42.0 Å². The SMILES string of the molecule is CCC[C@@H](C)NC(=O)CSc1ccc2ccccc2n1. The van der Waals surface area contributed by atoms with Crippen LogP contribution in [0.5, 0.6) is 0 Å². The summed E-state index contributed by atoms with van der Waals surface area (Å²) in [6, 6.07) is 12.3. The lowest BCUT2D eigenvalue weighted by atomic mass is 10.2. The molecular weight excluding hydrogens is 268 g/mol. The van der Waals surface area contributed by atoms with Crippen LogP contribution in [0, 0.1) is 0 Å². The number of thioether (sulfide) groups is 1. The molecular formula is C16H20N2OS. The van der Waals surface area contributed by atoms with E-state index in [9.17, 15) is 4.79 Å². The Balaban J connectivity index is 1.90. The molecule has 20 heavy (non-hydrogen) atoms. The summed E-state index contributed by atoms with van der Waals surface area (Å²) in [5.74, 6) is 0.491. The molecule has 0 spiro atoms. The predicted molar refractivity (Wildman–Crippen MR) is 85.0 cm³/mol. The number of fused-ring (bicyclic) bond motifs is 1. The van der Waals surface area contributed by atoms with E-state index in [-0.39, 0.29) is 11.9 Å². The van der Waals surface area contributed by atoms with Crippen LogP contribution >= 0.6 is 11.8 Å².